The molecule has 140 valence electrons. The summed E-state index contributed by atoms with van der Waals surface area (Å²) in [5.41, 5.74) is 0.325. The number of hydrogen-bond acceptors (Lipinski definition) is 6. The molecule has 3 rings (SSSR count). The Hall–Kier alpha value is -3.11. The summed E-state index contributed by atoms with van der Waals surface area (Å²) in [5, 5.41) is 11.8. The van der Waals surface area contributed by atoms with Gasteiger partial charge in [-0.05, 0) is 37.8 Å². The number of carbonyl (C=O) groups excluding carboxylic acids is 1. The van der Waals surface area contributed by atoms with Crippen LogP contribution in [0.25, 0.3) is 0 Å². The lowest BCUT2D eigenvalue weighted by Crippen LogP contribution is -2.28. The van der Waals surface area contributed by atoms with E-state index < -0.39 is 6.09 Å². The van der Waals surface area contributed by atoms with Crippen LogP contribution in [0, 0.1) is 11.3 Å². The number of ether oxygens (including phenoxy) is 3. The van der Waals surface area contributed by atoms with Crippen LogP contribution in [0.15, 0.2) is 42.6 Å². The topological polar surface area (TPSA) is 93.5 Å². The Morgan fingerprint density at radius 1 is 1.19 bits per heavy atom. The minimum atomic E-state index is -0.662. The molecular weight excluding hydrogens is 346 g/mol. The van der Waals surface area contributed by atoms with Gasteiger partial charge in [0.15, 0.2) is 0 Å². The maximum atomic E-state index is 12.0. The second-order valence-electron chi connectivity index (χ2n) is 6.26. The Labute approximate surface area is 157 Å². The summed E-state index contributed by atoms with van der Waals surface area (Å²) < 4.78 is 16.5. The molecule has 1 aliphatic rings. The van der Waals surface area contributed by atoms with Gasteiger partial charge < -0.3 is 14.2 Å². The number of nitriles is 1. The molecule has 1 saturated carbocycles. The number of benzene rings is 1. The van der Waals surface area contributed by atoms with Crippen molar-refractivity contribution in [1.29, 1.82) is 5.26 Å². The molecule has 0 atom stereocenters. The maximum absolute atomic E-state index is 12.0. The average molecular weight is 367 g/mol. The Bertz CT molecular complexity index is 812. The second kappa shape index (κ2) is 9.01. The molecule has 0 saturated heterocycles. The molecular formula is C20H21N3O4. The molecule has 0 radical (unpaired) electrons. The molecule has 1 aromatic carbocycles. The number of anilines is 1. The first kappa shape index (κ1) is 18.7. The van der Waals surface area contributed by atoms with Gasteiger partial charge in [0.05, 0.1) is 18.4 Å². The van der Waals surface area contributed by atoms with E-state index in [-0.39, 0.29) is 18.0 Å². The number of pyridine rings is 1. The number of hydrogen-bond donors (Lipinski definition) is 1. The first-order valence-electron chi connectivity index (χ1n) is 8.81. The molecule has 1 aliphatic carbocycles. The number of nitrogens with zero attached hydrogens (tertiary/aromatic N) is 2. The molecule has 0 bridgehead atoms. The second-order valence-corrected chi connectivity index (χ2v) is 6.26. The van der Waals surface area contributed by atoms with Gasteiger partial charge in [0, 0.05) is 13.2 Å². The number of aromatic nitrogens is 1. The fourth-order valence-corrected chi connectivity index (χ4v) is 2.98. The van der Waals surface area contributed by atoms with E-state index in [1.807, 2.05) is 6.07 Å². The third-order valence-electron chi connectivity index (χ3n) is 4.42. The van der Waals surface area contributed by atoms with Crippen molar-refractivity contribution < 1.29 is 19.0 Å². The zero-order chi connectivity index (χ0) is 19.1. The lowest BCUT2D eigenvalue weighted by Gasteiger charge is -2.28. The van der Waals surface area contributed by atoms with E-state index >= 15 is 0 Å². The highest BCUT2D eigenvalue weighted by molar-refractivity contribution is 5.85. The Balaban J connectivity index is 1.64. The quantitative estimate of drug-likeness (QED) is 0.861. The van der Waals surface area contributed by atoms with Gasteiger partial charge in [-0.25, -0.2) is 9.78 Å². The van der Waals surface area contributed by atoms with Gasteiger partial charge in [-0.3, -0.25) is 5.32 Å². The van der Waals surface area contributed by atoms with E-state index in [4.69, 9.17) is 14.2 Å². The number of para-hydroxylation sites is 1. The minimum Gasteiger partial charge on any atom is -0.489 e. The van der Waals surface area contributed by atoms with Crippen LogP contribution >= 0.6 is 0 Å². The molecule has 1 heterocycles. The van der Waals surface area contributed by atoms with Crippen molar-refractivity contribution >= 4 is 11.9 Å². The molecule has 0 unspecified atom stereocenters. The molecule has 1 amide bonds. The van der Waals surface area contributed by atoms with E-state index in [0.29, 0.717) is 17.1 Å². The zero-order valence-corrected chi connectivity index (χ0v) is 15.1. The Morgan fingerprint density at radius 3 is 2.56 bits per heavy atom. The summed E-state index contributed by atoms with van der Waals surface area (Å²) in [7, 11) is 1.72. The van der Waals surface area contributed by atoms with E-state index in [2.05, 4.69) is 16.4 Å². The number of carbonyl (C=O) groups is 1. The summed E-state index contributed by atoms with van der Waals surface area (Å²) in [5.74, 6) is 1.09. The van der Waals surface area contributed by atoms with Gasteiger partial charge in [0.1, 0.15) is 28.9 Å². The first-order chi connectivity index (χ1) is 13.2. The highest BCUT2D eigenvalue weighted by Crippen LogP contribution is 2.28. The van der Waals surface area contributed by atoms with Gasteiger partial charge in [0.2, 0.25) is 0 Å². The Kier molecular flexibility index (Phi) is 6.23. The molecule has 0 aliphatic heterocycles. The predicted molar refractivity (Wildman–Crippen MR) is 98.7 cm³/mol. The van der Waals surface area contributed by atoms with Crippen LogP contribution in [-0.4, -0.2) is 30.4 Å². The summed E-state index contributed by atoms with van der Waals surface area (Å²) in [6.07, 6.45) is 4.54. The first-order valence-corrected chi connectivity index (χ1v) is 8.81. The van der Waals surface area contributed by atoms with E-state index in [1.165, 1.54) is 6.20 Å². The van der Waals surface area contributed by atoms with Crippen molar-refractivity contribution in [3.05, 3.63) is 48.2 Å². The number of rotatable bonds is 5. The van der Waals surface area contributed by atoms with Crippen LogP contribution in [0.3, 0.4) is 0 Å². The van der Waals surface area contributed by atoms with Crippen molar-refractivity contribution in [3.63, 3.8) is 0 Å². The van der Waals surface area contributed by atoms with Crippen LogP contribution in [0.1, 0.15) is 31.2 Å². The monoisotopic (exact) mass is 367 g/mol. The lowest BCUT2D eigenvalue weighted by molar-refractivity contribution is 0.0326. The third-order valence-corrected chi connectivity index (χ3v) is 4.42. The smallest absolute Gasteiger partial charge is 0.418 e. The third kappa shape index (κ3) is 5.19. The number of nitrogens with one attached hydrogen (secondary N) is 1. The van der Waals surface area contributed by atoms with Crippen LogP contribution in [0.2, 0.25) is 0 Å². The molecule has 7 heteroatoms. The predicted octanol–water partition coefficient (Wildman–Crippen LogP) is 3.90. The van der Waals surface area contributed by atoms with E-state index in [1.54, 1.807) is 37.4 Å². The molecule has 2 aromatic rings. The molecule has 27 heavy (non-hydrogen) atoms. The molecule has 1 aromatic heterocycles. The SMILES string of the molecule is COC1CCC(Oc2cc(NC(=O)Oc3ccccc3)ncc2C#N)CC1. The van der Waals surface area contributed by atoms with Gasteiger partial charge in [0.25, 0.3) is 0 Å². The standard InChI is InChI=1S/C20H21N3O4/c1-25-15-7-9-17(10-8-15)26-18-11-19(22-13-14(18)12-21)23-20(24)27-16-5-3-2-4-6-16/h2-6,11,13,15,17H,7-10H2,1H3,(H,22,23,24). The lowest BCUT2D eigenvalue weighted by atomic mass is 9.95. The van der Waals surface area contributed by atoms with Crippen LogP contribution < -0.4 is 14.8 Å². The van der Waals surface area contributed by atoms with E-state index in [9.17, 15) is 10.1 Å². The average Bonchev–Trinajstić information content (AvgIpc) is 2.69. The number of amides is 1. The summed E-state index contributed by atoms with van der Waals surface area (Å²) in [6, 6.07) is 12.3. The Morgan fingerprint density at radius 2 is 1.89 bits per heavy atom. The van der Waals surface area contributed by atoms with Crippen molar-refractivity contribution in [2.45, 2.75) is 37.9 Å². The highest BCUT2D eigenvalue weighted by atomic mass is 16.6. The maximum Gasteiger partial charge on any atom is 0.418 e. The summed E-state index contributed by atoms with van der Waals surface area (Å²) in [4.78, 5) is 16.1. The summed E-state index contributed by atoms with van der Waals surface area (Å²) >= 11 is 0. The van der Waals surface area contributed by atoms with Gasteiger partial charge in [-0.2, -0.15) is 5.26 Å². The van der Waals surface area contributed by atoms with Crippen LogP contribution in [0.4, 0.5) is 10.6 Å². The fourth-order valence-electron chi connectivity index (χ4n) is 2.98. The van der Waals surface area contributed by atoms with Gasteiger partial charge >= 0.3 is 6.09 Å². The zero-order valence-electron chi connectivity index (χ0n) is 15.1. The fraction of sp³-hybridized carbons (Fsp3) is 0.350. The molecule has 1 N–H and O–H groups in total. The number of methoxy groups -OCH3 is 1. The van der Waals surface area contributed by atoms with Gasteiger partial charge in [-0.15, -0.1) is 0 Å². The molecule has 1 fully saturated rings. The van der Waals surface area contributed by atoms with Crippen molar-refractivity contribution in [3.8, 4) is 17.6 Å². The highest BCUT2D eigenvalue weighted by Gasteiger charge is 2.23. The van der Waals surface area contributed by atoms with Crippen molar-refractivity contribution in [1.82, 2.24) is 4.98 Å². The van der Waals surface area contributed by atoms with Crippen LogP contribution in [0.5, 0.6) is 11.5 Å². The molecule has 7 nitrogen and oxygen atoms in total. The van der Waals surface area contributed by atoms with E-state index in [0.717, 1.165) is 25.7 Å². The van der Waals surface area contributed by atoms with Gasteiger partial charge in [-0.1, -0.05) is 18.2 Å². The minimum absolute atomic E-state index is 0.00928. The largest absolute Gasteiger partial charge is 0.489 e. The summed E-state index contributed by atoms with van der Waals surface area (Å²) in [6.45, 7) is 0. The normalized spacial score (nSPS) is 19.0. The van der Waals surface area contributed by atoms with Crippen molar-refractivity contribution in [2.75, 3.05) is 12.4 Å². The van der Waals surface area contributed by atoms with Crippen LogP contribution in [-0.2, 0) is 4.74 Å². The molecule has 0 spiro atoms. The van der Waals surface area contributed by atoms with Crippen molar-refractivity contribution in [2.24, 2.45) is 0 Å².